The molecule has 2 N–H and O–H groups in total. The summed E-state index contributed by atoms with van der Waals surface area (Å²) in [5, 5.41) is 20.9. The minimum Gasteiger partial charge on any atom is -0.379 e. The Morgan fingerprint density at radius 3 is 2.81 bits per heavy atom. The van der Waals surface area contributed by atoms with Gasteiger partial charge >= 0.3 is 0 Å². The van der Waals surface area contributed by atoms with Crippen molar-refractivity contribution < 1.29 is 5.11 Å². The van der Waals surface area contributed by atoms with E-state index in [1.807, 2.05) is 13.8 Å². The van der Waals surface area contributed by atoms with Crippen LogP contribution in [0.25, 0.3) is 0 Å². The van der Waals surface area contributed by atoms with Crippen LogP contribution in [0.15, 0.2) is 12.5 Å². The third-order valence-electron chi connectivity index (χ3n) is 2.23. The summed E-state index contributed by atoms with van der Waals surface area (Å²) in [5.74, 6) is 0.351. The summed E-state index contributed by atoms with van der Waals surface area (Å²) in [6, 6.07) is 0.111. The van der Waals surface area contributed by atoms with Crippen molar-refractivity contribution in [2.75, 3.05) is 0 Å². The Kier molecular flexibility index (Phi) is 2.93. The lowest BCUT2D eigenvalue weighted by Crippen LogP contribution is -2.13. The van der Waals surface area contributed by atoms with Gasteiger partial charge in [0.15, 0.2) is 11.9 Å². The van der Waals surface area contributed by atoms with Gasteiger partial charge in [0.25, 0.3) is 0 Å². The molecular weight excluding hydrogens is 230 g/mol. The molecule has 1 atom stereocenters. The Hall–Kier alpha value is -1.40. The molecule has 2 aromatic rings. The van der Waals surface area contributed by atoms with Crippen LogP contribution in [-0.4, -0.2) is 30.1 Å². The Morgan fingerprint density at radius 1 is 1.50 bits per heavy atom. The van der Waals surface area contributed by atoms with E-state index in [0.717, 1.165) is 0 Å². The molecule has 0 bridgehead atoms. The van der Waals surface area contributed by atoms with Gasteiger partial charge in [0.2, 0.25) is 0 Å². The molecule has 2 aromatic heterocycles. The number of hydrogen-bond acceptors (Lipinski definition) is 4. The number of H-pyrrole nitrogens is 1. The molecule has 2 heterocycles. The van der Waals surface area contributed by atoms with Gasteiger partial charge in [-0.25, -0.2) is 4.98 Å². The van der Waals surface area contributed by atoms with Crippen LogP contribution in [0.1, 0.15) is 37.5 Å². The lowest BCUT2D eigenvalue weighted by atomic mass is 10.2. The van der Waals surface area contributed by atoms with Crippen molar-refractivity contribution in [1.82, 2.24) is 25.0 Å². The molecule has 0 saturated heterocycles. The number of rotatable bonds is 3. The summed E-state index contributed by atoms with van der Waals surface area (Å²) in [7, 11) is 0. The van der Waals surface area contributed by atoms with Gasteiger partial charge < -0.3 is 5.11 Å². The van der Waals surface area contributed by atoms with Crippen LogP contribution in [0.2, 0.25) is 5.02 Å². The van der Waals surface area contributed by atoms with Crippen LogP contribution in [-0.2, 0) is 0 Å². The van der Waals surface area contributed by atoms with Crippen molar-refractivity contribution in [2.24, 2.45) is 0 Å². The average molecular weight is 242 g/mol. The molecule has 7 heteroatoms. The second-order valence-corrected chi connectivity index (χ2v) is 4.10. The molecule has 86 valence electrons. The number of aromatic amines is 1. The van der Waals surface area contributed by atoms with E-state index in [1.165, 1.54) is 12.5 Å². The monoisotopic (exact) mass is 241 g/mol. The van der Waals surface area contributed by atoms with Crippen molar-refractivity contribution in [3.05, 3.63) is 29.1 Å². The molecule has 0 aliphatic heterocycles. The van der Waals surface area contributed by atoms with Crippen LogP contribution in [0.4, 0.5) is 0 Å². The number of halogens is 1. The molecule has 1 unspecified atom stereocenters. The van der Waals surface area contributed by atoms with Crippen LogP contribution in [0.5, 0.6) is 0 Å². The van der Waals surface area contributed by atoms with Crippen LogP contribution in [0.3, 0.4) is 0 Å². The van der Waals surface area contributed by atoms with Crippen molar-refractivity contribution in [3.8, 4) is 0 Å². The minimum absolute atomic E-state index is 0.111. The summed E-state index contributed by atoms with van der Waals surface area (Å²) >= 11 is 6.00. The lowest BCUT2D eigenvalue weighted by molar-refractivity contribution is 0.195. The summed E-state index contributed by atoms with van der Waals surface area (Å²) in [4.78, 5) is 3.90. The Bertz CT molecular complexity index is 464. The van der Waals surface area contributed by atoms with Gasteiger partial charge in [-0.1, -0.05) is 11.6 Å². The second-order valence-electron chi connectivity index (χ2n) is 3.69. The number of aliphatic hydroxyl groups excluding tert-OH is 1. The summed E-state index contributed by atoms with van der Waals surface area (Å²) in [6.07, 6.45) is 1.90. The van der Waals surface area contributed by atoms with E-state index in [2.05, 4.69) is 20.3 Å². The molecule has 2 rings (SSSR count). The topological polar surface area (TPSA) is 79.6 Å². The molecular formula is C9H12ClN5O. The number of aliphatic hydroxyl groups is 1. The second kappa shape index (κ2) is 4.23. The predicted octanol–water partition coefficient (Wildman–Crippen LogP) is 1.32. The zero-order valence-electron chi connectivity index (χ0n) is 8.92. The van der Waals surface area contributed by atoms with Gasteiger partial charge in [-0.3, -0.25) is 9.78 Å². The zero-order valence-corrected chi connectivity index (χ0v) is 9.68. The third kappa shape index (κ3) is 1.81. The molecule has 0 aliphatic rings. The molecule has 0 spiro atoms. The van der Waals surface area contributed by atoms with Gasteiger partial charge in [0, 0.05) is 6.04 Å². The molecule has 16 heavy (non-hydrogen) atoms. The SMILES string of the molecule is CC(C)n1ncc(Cl)c1C(O)c1ncn[nH]1. The smallest absolute Gasteiger partial charge is 0.159 e. The molecule has 0 aromatic carbocycles. The van der Waals surface area contributed by atoms with E-state index >= 15 is 0 Å². The van der Waals surface area contributed by atoms with E-state index in [1.54, 1.807) is 4.68 Å². The quantitative estimate of drug-likeness (QED) is 0.849. The van der Waals surface area contributed by atoms with E-state index in [-0.39, 0.29) is 6.04 Å². The number of nitrogens with one attached hydrogen (secondary N) is 1. The number of aromatic nitrogens is 5. The average Bonchev–Trinajstić information content (AvgIpc) is 2.84. The van der Waals surface area contributed by atoms with Gasteiger partial charge in [-0.05, 0) is 13.8 Å². The standard InChI is InChI=1S/C9H12ClN5O/c1-5(2)15-7(6(10)3-13-15)8(16)9-11-4-12-14-9/h3-5,8,16H,1-2H3,(H,11,12,14). The van der Waals surface area contributed by atoms with E-state index in [9.17, 15) is 5.11 Å². The first-order chi connectivity index (χ1) is 7.61. The van der Waals surface area contributed by atoms with Crippen molar-refractivity contribution in [1.29, 1.82) is 0 Å². The fourth-order valence-electron chi connectivity index (χ4n) is 1.49. The van der Waals surface area contributed by atoms with E-state index < -0.39 is 6.10 Å². The van der Waals surface area contributed by atoms with Crippen LogP contribution in [0, 0.1) is 0 Å². The third-order valence-corrected chi connectivity index (χ3v) is 2.52. The molecule has 0 amide bonds. The lowest BCUT2D eigenvalue weighted by Gasteiger charge is -2.14. The summed E-state index contributed by atoms with van der Waals surface area (Å²) in [5.41, 5.74) is 0.522. The highest BCUT2D eigenvalue weighted by Crippen LogP contribution is 2.27. The van der Waals surface area contributed by atoms with Crippen LogP contribution >= 0.6 is 11.6 Å². The highest BCUT2D eigenvalue weighted by molar-refractivity contribution is 6.31. The molecule has 0 radical (unpaired) electrons. The first-order valence-electron chi connectivity index (χ1n) is 4.87. The van der Waals surface area contributed by atoms with E-state index in [4.69, 9.17) is 11.6 Å². The maximum absolute atomic E-state index is 10.1. The van der Waals surface area contributed by atoms with Gasteiger partial charge in [-0.15, -0.1) is 0 Å². The Morgan fingerprint density at radius 2 is 2.25 bits per heavy atom. The maximum Gasteiger partial charge on any atom is 0.159 e. The highest BCUT2D eigenvalue weighted by Gasteiger charge is 2.23. The fraction of sp³-hybridized carbons (Fsp3) is 0.444. The maximum atomic E-state index is 10.1. The Labute approximate surface area is 97.3 Å². The predicted molar refractivity (Wildman–Crippen MR) is 58.1 cm³/mol. The Balaban J connectivity index is 2.43. The normalized spacial score (nSPS) is 13.3. The molecule has 0 saturated carbocycles. The first kappa shape index (κ1) is 11.1. The van der Waals surface area contributed by atoms with Crippen molar-refractivity contribution >= 4 is 11.6 Å². The first-order valence-corrected chi connectivity index (χ1v) is 5.25. The van der Waals surface area contributed by atoms with Gasteiger partial charge in [0.1, 0.15) is 6.33 Å². The molecule has 6 nitrogen and oxygen atoms in total. The summed E-state index contributed by atoms with van der Waals surface area (Å²) in [6.45, 7) is 3.92. The number of nitrogens with zero attached hydrogens (tertiary/aromatic N) is 4. The fourth-order valence-corrected chi connectivity index (χ4v) is 1.73. The zero-order chi connectivity index (χ0) is 11.7. The highest BCUT2D eigenvalue weighted by atomic mass is 35.5. The minimum atomic E-state index is -0.945. The van der Waals surface area contributed by atoms with Crippen molar-refractivity contribution in [3.63, 3.8) is 0 Å². The van der Waals surface area contributed by atoms with Crippen LogP contribution < -0.4 is 0 Å². The largest absolute Gasteiger partial charge is 0.379 e. The van der Waals surface area contributed by atoms with E-state index in [0.29, 0.717) is 16.5 Å². The van der Waals surface area contributed by atoms with Gasteiger partial charge in [-0.2, -0.15) is 10.2 Å². The van der Waals surface area contributed by atoms with Crippen molar-refractivity contribution in [2.45, 2.75) is 26.0 Å². The summed E-state index contributed by atoms with van der Waals surface area (Å²) < 4.78 is 1.66. The number of hydrogen-bond donors (Lipinski definition) is 2. The van der Waals surface area contributed by atoms with Gasteiger partial charge in [0.05, 0.1) is 16.9 Å². The molecule has 0 aliphatic carbocycles. The molecule has 0 fully saturated rings.